The topological polar surface area (TPSA) is 24.5 Å². The average Bonchev–Trinajstić information content (AvgIpc) is 2.94. The Morgan fingerprint density at radius 3 is 1.73 bits per heavy atom. The molecule has 2 aliphatic rings. The molecule has 0 bridgehead atoms. The maximum atomic E-state index is 7.29. The number of aryl methyl sites for hydroxylation is 4. The highest BCUT2D eigenvalue weighted by Gasteiger charge is 2.67. The molecule has 204 valence electrons. The third-order valence-electron chi connectivity index (χ3n) is 7.79. The molecule has 41 heavy (non-hydrogen) atoms. The van der Waals surface area contributed by atoms with Crippen LogP contribution in [0, 0.1) is 27.7 Å². The highest BCUT2D eigenvalue weighted by molar-refractivity contribution is 5.98. The molecule has 1 unspecified atom stereocenters. The average molecular weight is 541 g/mol. The van der Waals surface area contributed by atoms with Gasteiger partial charge in [-0.3, -0.25) is 0 Å². The second-order valence-corrected chi connectivity index (χ2v) is 11.0. The Morgan fingerprint density at radius 2 is 1.07 bits per heavy atom. The van der Waals surface area contributed by atoms with Crippen molar-refractivity contribution in [2.75, 3.05) is 0 Å². The quantitative estimate of drug-likeness (QED) is 0.242. The summed E-state index contributed by atoms with van der Waals surface area (Å²) >= 11 is 0. The molecular weight excluding hydrogens is 504 g/mol. The van der Waals surface area contributed by atoms with Crippen LogP contribution in [-0.4, -0.2) is 26.6 Å². The van der Waals surface area contributed by atoms with Gasteiger partial charge in [0.05, 0.1) is 0 Å². The number of hydrogen-bond donors (Lipinski definition) is 0. The largest absolute Gasteiger partial charge is 0.715 e. The zero-order valence-corrected chi connectivity index (χ0v) is 24.6. The van der Waals surface area contributed by atoms with E-state index in [-0.39, 0.29) is 0 Å². The summed E-state index contributed by atoms with van der Waals surface area (Å²) in [4.78, 5) is 0. The smallest absolute Gasteiger partial charge is 0.340 e. The fourth-order valence-corrected chi connectivity index (χ4v) is 6.14. The van der Waals surface area contributed by atoms with Gasteiger partial charge in [0.15, 0.2) is 22.9 Å². The summed E-state index contributed by atoms with van der Waals surface area (Å²) in [6.07, 6.45) is 4.24. The van der Waals surface area contributed by atoms with E-state index in [1.165, 1.54) is 16.7 Å². The van der Waals surface area contributed by atoms with Crippen LogP contribution in [0.4, 0.5) is 11.4 Å². The van der Waals surface area contributed by atoms with Crippen molar-refractivity contribution >= 4 is 34.3 Å². The zero-order chi connectivity index (χ0) is 28.7. The summed E-state index contributed by atoms with van der Waals surface area (Å²) in [5.41, 5.74) is 10.8. The molecule has 1 spiro atoms. The Labute approximate surface area is 242 Å². The summed E-state index contributed by atoms with van der Waals surface area (Å²) in [6.45, 7) is 12.8. The van der Waals surface area contributed by atoms with Crippen LogP contribution in [0.1, 0.15) is 47.2 Å². The first-order chi connectivity index (χ1) is 19.8. The van der Waals surface area contributed by atoms with Crippen LogP contribution in [0.2, 0.25) is 0 Å². The maximum Gasteiger partial charge on any atom is 0.715 e. The van der Waals surface area contributed by atoms with Crippen molar-refractivity contribution in [2.24, 2.45) is 0 Å². The minimum atomic E-state index is -1.38. The second kappa shape index (κ2) is 10.4. The minimum absolute atomic E-state index is 0.750. The third kappa shape index (κ3) is 4.59. The lowest BCUT2D eigenvalue weighted by atomic mass is 9.97. The van der Waals surface area contributed by atoms with E-state index in [4.69, 9.17) is 9.47 Å². The first-order valence-corrected chi connectivity index (χ1v) is 14.1. The number of allylic oxidation sites excluding steroid dienone is 2. The normalized spacial score (nSPS) is 18.6. The molecule has 0 amide bonds. The lowest BCUT2D eigenvalue weighted by Gasteiger charge is -2.33. The molecule has 0 aliphatic carbocycles. The Kier molecular flexibility index (Phi) is 6.70. The van der Waals surface area contributed by atoms with Gasteiger partial charge < -0.3 is 9.47 Å². The summed E-state index contributed by atoms with van der Waals surface area (Å²) in [7, 11) is 0. The van der Waals surface area contributed by atoms with E-state index < -0.39 is 6.03 Å². The third-order valence-corrected chi connectivity index (χ3v) is 7.79. The van der Waals surface area contributed by atoms with Crippen LogP contribution in [-0.2, 0) is 9.47 Å². The van der Waals surface area contributed by atoms with E-state index in [0.29, 0.717) is 0 Å². The molecule has 0 aromatic heterocycles. The summed E-state index contributed by atoms with van der Waals surface area (Å²) in [5, 5.41) is 0. The lowest BCUT2D eigenvalue weighted by Crippen LogP contribution is -2.58. The summed E-state index contributed by atoms with van der Waals surface area (Å²) in [5.74, 6) is 1.53. The summed E-state index contributed by atoms with van der Waals surface area (Å²) in [6, 6.07) is 32.0. The van der Waals surface area contributed by atoms with Crippen molar-refractivity contribution in [3.63, 3.8) is 0 Å². The van der Waals surface area contributed by atoms with Crippen molar-refractivity contribution in [1.82, 2.24) is 0 Å². The van der Waals surface area contributed by atoms with Crippen LogP contribution < -0.4 is 0 Å². The minimum Gasteiger partial charge on any atom is -0.340 e. The number of ether oxygens (including phenoxy) is 2. The molecule has 4 heteroatoms. The van der Waals surface area contributed by atoms with Crippen LogP contribution >= 0.6 is 0 Å². The van der Waals surface area contributed by atoms with E-state index in [2.05, 4.69) is 136 Å². The second-order valence-electron chi connectivity index (χ2n) is 11.0. The Hall–Kier alpha value is -4.70. The van der Waals surface area contributed by atoms with Crippen molar-refractivity contribution in [2.45, 2.75) is 47.6 Å². The Bertz CT molecular complexity index is 1760. The summed E-state index contributed by atoms with van der Waals surface area (Å²) < 4.78 is 18.8. The Balaban J connectivity index is 1.69. The SMILES string of the molecule is CC1=[N+](c2ccccc2)C2(OC(c3ccccc3)=C1)OC(c1c(C)cc(C)cc1C)=CC(C)=[N+]2c1ccccc1C. The zero-order valence-electron chi connectivity index (χ0n) is 24.6. The van der Waals surface area contributed by atoms with Crippen LogP contribution in [0.25, 0.3) is 11.5 Å². The monoisotopic (exact) mass is 540 g/mol. The van der Waals surface area contributed by atoms with E-state index >= 15 is 0 Å². The molecule has 0 saturated heterocycles. The Morgan fingerprint density at radius 1 is 0.537 bits per heavy atom. The molecule has 2 heterocycles. The molecule has 0 radical (unpaired) electrons. The van der Waals surface area contributed by atoms with Crippen LogP contribution in [0.3, 0.4) is 0 Å². The molecular formula is C37H36N2O2+2. The van der Waals surface area contributed by atoms with Gasteiger partial charge in [-0.1, -0.05) is 89.0 Å². The number of rotatable bonds is 4. The molecule has 0 fully saturated rings. The number of para-hydroxylation sites is 2. The highest BCUT2D eigenvalue weighted by Crippen LogP contribution is 2.44. The van der Waals surface area contributed by atoms with Gasteiger partial charge in [0, 0.05) is 60.9 Å². The fourth-order valence-electron chi connectivity index (χ4n) is 6.14. The van der Waals surface area contributed by atoms with Gasteiger partial charge >= 0.3 is 6.03 Å². The lowest BCUT2D eigenvalue weighted by molar-refractivity contribution is -0.867. The molecule has 2 aliphatic heterocycles. The van der Waals surface area contributed by atoms with E-state index in [0.717, 1.165) is 51.0 Å². The number of nitrogens with zero attached hydrogens (tertiary/aromatic N) is 2. The van der Waals surface area contributed by atoms with Gasteiger partial charge in [-0.15, -0.1) is 0 Å². The van der Waals surface area contributed by atoms with E-state index in [1.807, 2.05) is 24.3 Å². The van der Waals surface area contributed by atoms with Gasteiger partial charge in [0.25, 0.3) is 0 Å². The molecule has 4 aromatic carbocycles. The van der Waals surface area contributed by atoms with Crippen molar-refractivity contribution in [3.05, 3.63) is 143 Å². The highest BCUT2D eigenvalue weighted by atomic mass is 16.7. The molecule has 6 rings (SSSR count). The van der Waals surface area contributed by atoms with Gasteiger partial charge in [-0.05, 0) is 43.4 Å². The van der Waals surface area contributed by atoms with Crippen molar-refractivity contribution in [3.8, 4) is 0 Å². The standard InChI is InChI=1S/C37H36N2O2/c1-25-21-27(3)36(28(4)22-25)35-24-30(6)39(33-20-14-13-15-26(33)2)37(41-35)38(32-18-11-8-12-19-32)29(5)23-34(40-37)31-16-9-7-10-17-31/h7-24H,1-6H3/q+2. The van der Waals surface area contributed by atoms with Gasteiger partial charge in [-0.2, -0.15) is 0 Å². The molecule has 1 atom stereocenters. The number of hydrogen-bond acceptors (Lipinski definition) is 2. The number of benzene rings is 4. The first kappa shape index (κ1) is 26.5. The van der Waals surface area contributed by atoms with Gasteiger partial charge in [0.1, 0.15) is 0 Å². The predicted octanol–water partition coefficient (Wildman–Crippen LogP) is 8.58. The van der Waals surface area contributed by atoms with E-state index in [9.17, 15) is 0 Å². The van der Waals surface area contributed by atoms with Crippen molar-refractivity contribution < 1.29 is 18.6 Å². The van der Waals surface area contributed by atoms with Crippen LogP contribution in [0.5, 0.6) is 0 Å². The predicted molar refractivity (Wildman–Crippen MR) is 167 cm³/mol. The molecule has 0 N–H and O–H groups in total. The van der Waals surface area contributed by atoms with Gasteiger partial charge in [0.2, 0.25) is 11.4 Å². The molecule has 4 nitrogen and oxygen atoms in total. The maximum absolute atomic E-state index is 7.29. The molecule has 4 aromatic rings. The van der Waals surface area contributed by atoms with E-state index in [1.54, 1.807) is 0 Å². The van der Waals surface area contributed by atoms with Crippen molar-refractivity contribution in [1.29, 1.82) is 0 Å². The molecule has 0 saturated carbocycles. The fraction of sp³-hybridized carbons (Fsp3) is 0.189. The first-order valence-electron chi connectivity index (χ1n) is 14.1. The van der Waals surface area contributed by atoms with Crippen LogP contribution in [0.15, 0.2) is 109 Å². The van der Waals surface area contributed by atoms with Gasteiger partial charge in [-0.25, -0.2) is 0 Å².